The predicted octanol–water partition coefficient (Wildman–Crippen LogP) is 1.72. The molecule has 1 saturated carbocycles. The van der Waals surface area contributed by atoms with Gasteiger partial charge in [0.15, 0.2) is 0 Å². The van der Waals surface area contributed by atoms with Gasteiger partial charge in [-0.3, -0.25) is 14.9 Å². The molecule has 1 atom stereocenters. The number of rotatable bonds is 2. The zero-order valence-corrected chi connectivity index (χ0v) is 12.1. The number of likely N-dealkylation sites (tertiary alicyclic amines) is 1. The third kappa shape index (κ3) is 2.68. The van der Waals surface area contributed by atoms with Gasteiger partial charge in [-0.1, -0.05) is 18.2 Å². The van der Waals surface area contributed by atoms with Crippen LogP contribution in [-0.2, 0) is 4.79 Å². The standard InChI is InChI=1S/C16H18N2O4/c19-13(11-4-2-1-3-5-11)17-14(20)12-10-16(12)6-8-18(9-7-16)15(21)22/h1-5,12H,6-10H2,(H,21,22)(H,17,19,20)/t12-/m1/s1. The summed E-state index contributed by atoms with van der Waals surface area (Å²) in [6.45, 7) is 0.928. The van der Waals surface area contributed by atoms with Crippen LogP contribution in [0.25, 0.3) is 0 Å². The maximum absolute atomic E-state index is 12.2. The van der Waals surface area contributed by atoms with Crippen molar-refractivity contribution < 1.29 is 19.5 Å². The number of hydrogen-bond acceptors (Lipinski definition) is 3. The van der Waals surface area contributed by atoms with Gasteiger partial charge in [-0.15, -0.1) is 0 Å². The van der Waals surface area contributed by atoms with E-state index in [1.54, 1.807) is 24.3 Å². The fraction of sp³-hybridized carbons (Fsp3) is 0.438. The van der Waals surface area contributed by atoms with E-state index in [1.165, 1.54) is 4.90 Å². The van der Waals surface area contributed by atoms with Crippen molar-refractivity contribution in [3.8, 4) is 0 Å². The second-order valence-corrected chi connectivity index (χ2v) is 6.07. The van der Waals surface area contributed by atoms with Gasteiger partial charge in [0.1, 0.15) is 0 Å². The molecule has 1 aromatic rings. The summed E-state index contributed by atoms with van der Waals surface area (Å²) in [7, 11) is 0. The number of carbonyl (C=O) groups is 3. The molecule has 0 bridgehead atoms. The molecule has 6 heteroatoms. The highest BCUT2D eigenvalue weighted by atomic mass is 16.4. The summed E-state index contributed by atoms with van der Waals surface area (Å²) >= 11 is 0. The molecule has 1 aliphatic carbocycles. The van der Waals surface area contributed by atoms with E-state index in [2.05, 4.69) is 5.32 Å². The number of nitrogens with one attached hydrogen (secondary N) is 1. The molecule has 1 spiro atoms. The summed E-state index contributed by atoms with van der Waals surface area (Å²) < 4.78 is 0. The van der Waals surface area contributed by atoms with Crippen LogP contribution in [0.5, 0.6) is 0 Å². The van der Waals surface area contributed by atoms with Crippen molar-refractivity contribution in [3.63, 3.8) is 0 Å². The van der Waals surface area contributed by atoms with Gasteiger partial charge >= 0.3 is 6.09 Å². The summed E-state index contributed by atoms with van der Waals surface area (Å²) in [5.41, 5.74) is 0.360. The van der Waals surface area contributed by atoms with E-state index >= 15 is 0 Å². The molecule has 1 aromatic carbocycles. The summed E-state index contributed by atoms with van der Waals surface area (Å²) in [4.78, 5) is 36.5. The Morgan fingerprint density at radius 1 is 1.14 bits per heavy atom. The summed E-state index contributed by atoms with van der Waals surface area (Å²) in [5.74, 6) is -0.788. The highest BCUT2D eigenvalue weighted by Crippen LogP contribution is 2.59. The lowest BCUT2D eigenvalue weighted by Gasteiger charge is -2.30. The fourth-order valence-electron chi connectivity index (χ4n) is 3.28. The first-order valence-electron chi connectivity index (χ1n) is 7.40. The third-order valence-corrected chi connectivity index (χ3v) is 4.81. The molecule has 1 aliphatic heterocycles. The van der Waals surface area contributed by atoms with Gasteiger partial charge in [-0.05, 0) is 36.8 Å². The second kappa shape index (κ2) is 5.44. The maximum Gasteiger partial charge on any atom is 0.407 e. The highest BCUT2D eigenvalue weighted by Gasteiger charge is 2.59. The van der Waals surface area contributed by atoms with Crippen LogP contribution < -0.4 is 5.32 Å². The third-order valence-electron chi connectivity index (χ3n) is 4.81. The van der Waals surface area contributed by atoms with Gasteiger partial charge in [0.2, 0.25) is 5.91 Å². The molecule has 2 N–H and O–H groups in total. The molecule has 1 heterocycles. The van der Waals surface area contributed by atoms with Crippen LogP contribution in [0.15, 0.2) is 30.3 Å². The summed E-state index contributed by atoms with van der Waals surface area (Å²) in [6.07, 6.45) is 1.22. The molecule has 1 saturated heterocycles. The SMILES string of the molecule is O=C(NC(=O)[C@H]1CC12CCN(C(=O)O)CC2)c1ccccc1. The zero-order valence-electron chi connectivity index (χ0n) is 12.1. The van der Waals surface area contributed by atoms with E-state index in [-0.39, 0.29) is 23.1 Å². The number of carbonyl (C=O) groups excluding carboxylic acids is 2. The minimum Gasteiger partial charge on any atom is -0.465 e. The molecule has 0 unspecified atom stereocenters. The smallest absolute Gasteiger partial charge is 0.407 e. The molecule has 3 amide bonds. The van der Waals surface area contributed by atoms with Crippen LogP contribution in [0.3, 0.4) is 0 Å². The lowest BCUT2D eigenvalue weighted by molar-refractivity contribution is -0.122. The molecule has 0 aromatic heterocycles. The van der Waals surface area contributed by atoms with E-state index in [1.807, 2.05) is 6.07 Å². The first-order valence-corrected chi connectivity index (χ1v) is 7.40. The molecule has 0 radical (unpaired) electrons. The molecular formula is C16H18N2O4. The number of imide groups is 1. The van der Waals surface area contributed by atoms with Crippen LogP contribution in [0, 0.1) is 11.3 Å². The minimum atomic E-state index is -0.907. The van der Waals surface area contributed by atoms with Crippen LogP contribution in [0.1, 0.15) is 29.6 Å². The fourth-order valence-corrected chi connectivity index (χ4v) is 3.28. The topological polar surface area (TPSA) is 86.7 Å². The Morgan fingerprint density at radius 2 is 1.77 bits per heavy atom. The van der Waals surface area contributed by atoms with Crippen molar-refractivity contribution in [2.24, 2.45) is 11.3 Å². The van der Waals surface area contributed by atoms with Crippen LogP contribution in [0.4, 0.5) is 4.79 Å². The number of amides is 3. The zero-order chi connectivity index (χ0) is 15.7. The molecule has 2 aliphatic rings. The minimum absolute atomic E-state index is 0.104. The maximum atomic E-state index is 12.2. The monoisotopic (exact) mass is 302 g/mol. The number of hydrogen-bond donors (Lipinski definition) is 2. The number of piperidine rings is 1. The Morgan fingerprint density at radius 3 is 2.36 bits per heavy atom. The van der Waals surface area contributed by atoms with Gasteiger partial charge in [0.25, 0.3) is 5.91 Å². The highest BCUT2D eigenvalue weighted by molar-refractivity contribution is 6.06. The molecule has 6 nitrogen and oxygen atoms in total. The van der Waals surface area contributed by atoms with Crippen molar-refractivity contribution in [2.45, 2.75) is 19.3 Å². The Hall–Kier alpha value is -2.37. The quantitative estimate of drug-likeness (QED) is 0.814. The lowest BCUT2D eigenvalue weighted by Crippen LogP contribution is -2.40. The number of benzene rings is 1. The molecule has 22 heavy (non-hydrogen) atoms. The van der Waals surface area contributed by atoms with Crippen molar-refractivity contribution in [2.75, 3.05) is 13.1 Å². The van der Waals surface area contributed by atoms with Gasteiger partial charge in [-0.25, -0.2) is 4.79 Å². The predicted molar refractivity (Wildman–Crippen MR) is 78.3 cm³/mol. The van der Waals surface area contributed by atoms with Gasteiger partial charge in [0.05, 0.1) is 0 Å². The lowest BCUT2D eigenvalue weighted by atomic mass is 9.91. The summed E-state index contributed by atoms with van der Waals surface area (Å²) in [5, 5.41) is 11.4. The summed E-state index contributed by atoms with van der Waals surface area (Å²) in [6, 6.07) is 8.64. The van der Waals surface area contributed by atoms with E-state index in [4.69, 9.17) is 5.11 Å². The molecule has 2 fully saturated rings. The average Bonchev–Trinajstić information content (AvgIpc) is 3.22. The van der Waals surface area contributed by atoms with Crippen molar-refractivity contribution in [1.82, 2.24) is 10.2 Å². The average molecular weight is 302 g/mol. The Kier molecular flexibility index (Phi) is 3.60. The van der Waals surface area contributed by atoms with Crippen molar-refractivity contribution >= 4 is 17.9 Å². The van der Waals surface area contributed by atoms with E-state index in [0.717, 1.165) is 6.42 Å². The van der Waals surface area contributed by atoms with Gasteiger partial charge in [-0.2, -0.15) is 0 Å². The van der Waals surface area contributed by atoms with Crippen LogP contribution >= 0.6 is 0 Å². The number of carboxylic acid groups (broad SMARTS) is 1. The second-order valence-electron chi connectivity index (χ2n) is 6.07. The largest absolute Gasteiger partial charge is 0.465 e. The van der Waals surface area contributed by atoms with E-state index in [0.29, 0.717) is 31.5 Å². The first-order chi connectivity index (χ1) is 10.5. The Balaban J connectivity index is 1.55. The van der Waals surface area contributed by atoms with Crippen LogP contribution in [0.2, 0.25) is 0 Å². The van der Waals surface area contributed by atoms with Crippen LogP contribution in [-0.4, -0.2) is 41.0 Å². The first kappa shape index (κ1) is 14.6. The molecule has 3 rings (SSSR count). The normalized spacial score (nSPS) is 22.2. The van der Waals surface area contributed by atoms with Gasteiger partial charge < -0.3 is 10.0 Å². The van der Waals surface area contributed by atoms with Crippen molar-refractivity contribution in [1.29, 1.82) is 0 Å². The van der Waals surface area contributed by atoms with Gasteiger partial charge in [0, 0.05) is 24.6 Å². The molecular weight excluding hydrogens is 284 g/mol. The number of nitrogens with zero attached hydrogens (tertiary/aromatic N) is 1. The Bertz CT molecular complexity index is 606. The molecule has 116 valence electrons. The van der Waals surface area contributed by atoms with Crippen molar-refractivity contribution in [3.05, 3.63) is 35.9 Å². The van der Waals surface area contributed by atoms with E-state index in [9.17, 15) is 14.4 Å². The van der Waals surface area contributed by atoms with E-state index < -0.39 is 6.09 Å². The Labute approximate surface area is 128 Å².